The number of ketones is 3. The molecule has 0 spiro atoms. The lowest BCUT2D eigenvalue weighted by Crippen LogP contribution is -2.41. The number of rotatable bonds is 16. The molecule has 0 rings (SSSR count). The summed E-state index contributed by atoms with van der Waals surface area (Å²) in [5.74, 6) is -4.12. The highest BCUT2D eigenvalue weighted by molar-refractivity contribution is 5.87. The zero-order valence-corrected chi connectivity index (χ0v) is 21.4. The largest absolute Gasteiger partial charge is 0.481 e. The Morgan fingerprint density at radius 1 is 0.676 bits per heavy atom. The highest BCUT2D eigenvalue weighted by atomic mass is 16.4. The van der Waals surface area contributed by atoms with Crippen molar-refractivity contribution in [3.63, 3.8) is 0 Å². The van der Waals surface area contributed by atoms with E-state index in [1.807, 2.05) is 0 Å². The number of amides is 1. The summed E-state index contributed by atoms with van der Waals surface area (Å²) in [6.45, 7) is 10.5. The van der Waals surface area contributed by atoms with Crippen LogP contribution in [0.15, 0.2) is 0 Å². The monoisotopic (exact) mass is 483 g/mol. The fraction of sp³-hybridized carbons (Fsp3) is 0.760. The highest BCUT2D eigenvalue weighted by Gasteiger charge is 2.27. The van der Waals surface area contributed by atoms with Gasteiger partial charge in [-0.3, -0.25) is 24.0 Å². The molecule has 9 heteroatoms. The van der Waals surface area contributed by atoms with Crippen LogP contribution < -0.4 is 5.32 Å². The number of carboxylic acid groups (broad SMARTS) is 2. The smallest absolute Gasteiger partial charge is 0.326 e. The molecule has 0 aromatic heterocycles. The first kappa shape index (κ1) is 31.4. The van der Waals surface area contributed by atoms with E-state index in [0.29, 0.717) is 12.8 Å². The molecule has 3 N–H and O–H groups in total. The van der Waals surface area contributed by atoms with E-state index in [4.69, 9.17) is 0 Å². The molecule has 0 saturated heterocycles. The number of carboxylic acids is 2. The molecule has 0 aliphatic carbocycles. The van der Waals surface area contributed by atoms with Gasteiger partial charge in [0.05, 0.1) is 5.92 Å². The zero-order valence-electron chi connectivity index (χ0n) is 21.4. The number of unbranched alkanes of at least 4 members (excludes halogenated alkanes) is 1. The summed E-state index contributed by atoms with van der Waals surface area (Å²) < 4.78 is 0. The predicted molar refractivity (Wildman–Crippen MR) is 126 cm³/mol. The van der Waals surface area contributed by atoms with E-state index in [2.05, 4.69) is 5.32 Å². The standard InChI is InChI=1S/C25H41NO8/c1-24(2,3)19(28)13-11-16(22(31)32)15-17(27)9-7-8-10-21(30)26-18(23(33)34)12-14-20(29)25(4,5)6/h16,18H,7-15H2,1-6H3,(H,26,30)(H,31,32)(H,33,34)/t16-,18-/m0/s1. The van der Waals surface area contributed by atoms with Crippen molar-refractivity contribution in [2.24, 2.45) is 16.7 Å². The van der Waals surface area contributed by atoms with Crippen LogP contribution in [0.4, 0.5) is 0 Å². The molecule has 0 bridgehead atoms. The Morgan fingerprint density at radius 2 is 1.15 bits per heavy atom. The third-order valence-electron chi connectivity index (χ3n) is 5.62. The van der Waals surface area contributed by atoms with Gasteiger partial charge in [0.1, 0.15) is 23.4 Å². The van der Waals surface area contributed by atoms with Crippen LogP contribution in [0, 0.1) is 16.7 Å². The molecule has 0 aromatic carbocycles. The molecule has 0 aliphatic heterocycles. The van der Waals surface area contributed by atoms with Crippen molar-refractivity contribution in [3.05, 3.63) is 0 Å². The third-order valence-corrected chi connectivity index (χ3v) is 5.62. The summed E-state index contributed by atoms with van der Waals surface area (Å²) >= 11 is 0. The minimum atomic E-state index is -1.21. The second-order valence-electron chi connectivity index (χ2n) is 10.9. The van der Waals surface area contributed by atoms with Gasteiger partial charge < -0.3 is 15.5 Å². The minimum Gasteiger partial charge on any atom is -0.481 e. The maximum atomic E-state index is 12.2. The van der Waals surface area contributed by atoms with Crippen molar-refractivity contribution in [2.45, 2.75) is 105 Å². The number of hydrogen-bond donors (Lipinski definition) is 3. The SMILES string of the molecule is CC(C)(C)C(=O)CC[C@@H](CC(=O)CCCCC(=O)N[C@@H](CCC(=O)C(C)(C)C)C(=O)O)C(=O)O. The van der Waals surface area contributed by atoms with Crippen LogP contribution in [-0.2, 0) is 28.8 Å². The molecule has 34 heavy (non-hydrogen) atoms. The van der Waals surface area contributed by atoms with E-state index in [1.54, 1.807) is 41.5 Å². The van der Waals surface area contributed by atoms with E-state index < -0.39 is 40.6 Å². The lowest BCUT2D eigenvalue weighted by atomic mass is 9.85. The summed E-state index contributed by atoms with van der Waals surface area (Å²) in [5, 5.41) is 21.1. The quantitative estimate of drug-likeness (QED) is 0.281. The molecule has 194 valence electrons. The Balaban J connectivity index is 4.44. The summed E-state index contributed by atoms with van der Waals surface area (Å²) in [6, 6.07) is -1.16. The predicted octanol–water partition coefficient (Wildman–Crippen LogP) is 3.57. The van der Waals surface area contributed by atoms with Crippen molar-refractivity contribution in [2.75, 3.05) is 0 Å². The van der Waals surface area contributed by atoms with Gasteiger partial charge in [0, 0.05) is 42.9 Å². The topological polar surface area (TPSA) is 155 Å². The number of Topliss-reactive ketones (excluding diaryl/α,β-unsaturated/α-hetero) is 3. The van der Waals surface area contributed by atoms with Crippen LogP contribution in [0.1, 0.15) is 99.3 Å². The Bertz CT molecular complexity index is 694. The number of aliphatic carboxylic acids is 2. The van der Waals surface area contributed by atoms with Crippen LogP contribution in [-0.4, -0.2) is 51.5 Å². The molecule has 0 aliphatic rings. The lowest BCUT2D eigenvalue weighted by Gasteiger charge is -2.19. The van der Waals surface area contributed by atoms with E-state index in [0.717, 1.165) is 0 Å². The fourth-order valence-corrected chi connectivity index (χ4v) is 3.15. The van der Waals surface area contributed by atoms with Gasteiger partial charge in [0.15, 0.2) is 0 Å². The van der Waals surface area contributed by atoms with E-state index >= 15 is 0 Å². The van der Waals surface area contributed by atoms with Crippen LogP contribution in [0.3, 0.4) is 0 Å². The van der Waals surface area contributed by atoms with Gasteiger partial charge in [-0.05, 0) is 25.7 Å². The summed E-state index contributed by atoms with van der Waals surface area (Å²) in [6.07, 6.45) is 0.908. The van der Waals surface area contributed by atoms with Gasteiger partial charge in [0.2, 0.25) is 5.91 Å². The van der Waals surface area contributed by atoms with Crippen LogP contribution in [0.25, 0.3) is 0 Å². The van der Waals surface area contributed by atoms with Crippen molar-refractivity contribution >= 4 is 35.2 Å². The van der Waals surface area contributed by atoms with Crippen LogP contribution in [0.2, 0.25) is 0 Å². The average Bonchev–Trinajstić information content (AvgIpc) is 2.68. The van der Waals surface area contributed by atoms with Crippen molar-refractivity contribution in [1.82, 2.24) is 5.32 Å². The molecule has 0 saturated carbocycles. The van der Waals surface area contributed by atoms with E-state index in [-0.39, 0.29) is 62.3 Å². The first-order valence-corrected chi connectivity index (χ1v) is 11.8. The van der Waals surface area contributed by atoms with Crippen LogP contribution in [0.5, 0.6) is 0 Å². The molecule has 0 aromatic rings. The van der Waals surface area contributed by atoms with Gasteiger partial charge in [-0.25, -0.2) is 4.79 Å². The molecule has 2 atom stereocenters. The molecule has 0 heterocycles. The Morgan fingerprint density at radius 3 is 1.59 bits per heavy atom. The molecule has 9 nitrogen and oxygen atoms in total. The Hall–Kier alpha value is -2.58. The molecular formula is C25H41NO8. The van der Waals surface area contributed by atoms with Gasteiger partial charge in [-0.1, -0.05) is 41.5 Å². The van der Waals surface area contributed by atoms with Gasteiger partial charge in [-0.2, -0.15) is 0 Å². The molecule has 0 radical (unpaired) electrons. The normalized spacial score (nSPS) is 13.6. The average molecular weight is 484 g/mol. The van der Waals surface area contributed by atoms with Crippen molar-refractivity contribution in [3.8, 4) is 0 Å². The molecule has 0 unspecified atom stereocenters. The fourth-order valence-electron chi connectivity index (χ4n) is 3.15. The van der Waals surface area contributed by atoms with Gasteiger partial charge >= 0.3 is 11.9 Å². The first-order valence-electron chi connectivity index (χ1n) is 11.8. The number of hydrogen-bond acceptors (Lipinski definition) is 6. The summed E-state index contributed by atoms with van der Waals surface area (Å²) in [7, 11) is 0. The number of nitrogens with one attached hydrogen (secondary N) is 1. The lowest BCUT2D eigenvalue weighted by molar-refractivity contribution is -0.144. The number of carbonyl (C=O) groups is 6. The molecule has 0 fully saturated rings. The van der Waals surface area contributed by atoms with E-state index in [1.165, 1.54) is 0 Å². The maximum absolute atomic E-state index is 12.2. The highest BCUT2D eigenvalue weighted by Crippen LogP contribution is 2.22. The van der Waals surface area contributed by atoms with E-state index in [9.17, 15) is 39.0 Å². The third kappa shape index (κ3) is 13.2. The minimum absolute atomic E-state index is 0.00392. The summed E-state index contributed by atoms with van der Waals surface area (Å²) in [5.41, 5.74) is -1.14. The molecular weight excluding hydrogens is 442 g/mol. The Labute approximate surface area is 202 Å². The van der Waals surface area contributed by atoms with Gasteiger partial charge in [0.25, 0.3) is 0 Å². The summed E-state index contributed by atoms with van der Waals surface area (Å²) in [4.78, 5) is 71.1. The number of carbonyl (C=O) groups excluding carboxylic acids is 4. The van der Waals surface area contributed by atoms with Crippen LogP contribution >= 0.6 is 0 Å². The Kier molecular flexibility index (Phi) is 12.9. The van der Waals surface area contributed by atoms with Crippen molar-refractivity contribution in [1.29, 1.82) is 0 Å². The van der Waals surface area contributed by atoms with Gasteiger partial charge in [-0.15, -0.1) is 0 Å². The second kappa shape index (κ2) is 14.0. The maximum Gasteiger partial charge on any atom is 0.326 e. The first-order chi connectivity index (χ1) is 15.4. The van der Waals surface area contributed by atoms with Crippen molar-refractivity contribution < 1.29 is 39.0 Å². The zero-order chi connectivity index (χ0) is 26.7. The second-order valence-corrected chi connectivity index (χ2v) is 10.9. The molecule has 1 amide bonds.